The van der Waals surface area contributed by atoms with Gasteiger partial charge in [-0.2, -0.15) is 0 Å². The fourth-order valence-corrected chi connectivity index (χ4v) is 2.26. The molecule has 1 atom stereocenters. The van der Waals surface area contributed by atoms with Crippen molar-refractivity contribution in [1.29, 1.82) is 0 Å². The molecule has 0 aromatic carbocycles. The fourth-order valence-electron chi connectivity index (χ4n) is 2.26. The average molecular weight is 241 g/mol. The second-order valence-corrected chi connectivity index (χ2v) is 5.28. The number of ether oxygens (including phenoxy) is 1. The van der Waals surface area contributed by atoms with Crippen molar-refractivity contribution >= 4 is 5.78 Å². The minimum absolute atomic E-state index is 0.104. The van der Waals surface area contributed by atoms with Crippen molar-refractivity contribution in [1.82, 2.24) is 4.90 Å². The predicted molar refractivity (Wildman–Crippen MR) is 70.2 cm³/mol. The van der Waals surface area contributed by atoms with Crippen LogP contribution in [0.25, 0.3) is 0 Å². The molecule has 0 N–H and O–H groups in total. The van der Waals surface area contributed by atoms with Crippen LogP contribution in [0.15, 0.2) is 0 Å². The minimum Gasteiger partial charge on any atom is -0.380 e. The van der Waals surface area contributed by atoms with Gasteiger partial charge in [-0.1, -0.05) is 19.8 Å². The van der Waals surface area contributed by atoms with E-state index in [2.05, 4.69) is 25.7 Å². The Morgan fingerprint density at radius 3 is 2.76 bits per heavy atom. The number of carbonyl (C=O) groups is 1. The number of Topliss-reactive ketones (excluding diaryl/α,β-unsaturated/α-hetero) is 1. The van der Waals surface area contributed by atoms with E-state index in [4.69, 9.17) is 4.74 Å². The van der Waals surface area contributed by atoms with Crippen LogP contribution < -0.4 is 0 Å². The van der Waals surface area contributed by atoms with E-state index in [1.165, 1.54) is 19.3 Å². The molecule has 1 unspecified atom stereocenters. The number of unbranched alkanes of at least 4 members (excludes halogenated alkanes) is 2. The zero-order valence-electron chi connectivity index (χ0n) is 11.6. The van der Waals surface area contributed by atoms with Gasteiger partial charge in [0.15, 0.2) is 0 Å². The molecular weight excluding hydrogens is 214 g/mol. The summed E-state index contributed by atoms with van der Waals surface area (Å²) in [4.78, 5) is 14.2. The highest BCUT2D eigenvalue weighted by molar-refractivity contribution is 5.82. The van der Waals surface area contributed by atoms with Crippen LogP contribution in [-0.4, -0.2) is 43.0 Å². The van der Waals surface area contributed by atoms with Gasteiger partial charge in [-0.25, -0.2) is 0 Å². The molecule has 0 amide bonds. The molecule has 1 aliphatic heterocycles. The largest absolute Gasteiger partial charge is 0.380 e. The van der Waals surface area contributed by atoms with Gasteiger partial charge in [0.05, 0.1) is 19.1 Å². The third kappa shape index (κ3) is 5.17. The van der Waals surface area contributed by atoms with Crippen LogP contribution in [0.1, 0.15) is 46.5 Å². The summed E-state index contributed by atoms with van der Waals surface area (Å²) in [5, 5.41) is 0. The second-order valence-electron chi connectivity index (χ2n) is 5.28. The summed E-state index contributed by atoms with van der Waals surface area (Å²) in [6.07, 6.45) is 4.36. The summed E-state index contributed by atoms with van der Waals surface area (Å²) < 4.78 is 5.41. The molecule has 0 aliphatic carbocycles. The van der Waals surface area contributed by atoms with Crippen molar-refractivity contribution < 1.29 is 9.53 Å². The van der Waals surface area contributed by atoms with Gasteiger partial charge < -0.3 is 9.64 Å². The Balaban J connectivity index is 2.39. The lowest BCUT2D eigenvalue weighted by Crippen LogP contribution is -2.42. The lowest BCUT2D eigenvalue weighted by molar-refractivity contribution is -0.131. The highest BCUT2D eigenvalue weighted by Gasteiger charge is 2.25. The SMILES string of the molecule is CCCCCN(CC1COCCC1=O)C(C)C. The van der Waals surface area contributed by atoms with Crippen LogP contribution in [0.5, 0.6) is 0 Å². The molecule has 100 valence electrons. The lowest BCUT2D eigenvalue weighted by Gasteiger charge is -2.31. The first-order valence-corrected chi connectivity index (χ1v) is 6.99. The molecule has 1 saturated heterocycles. The van der Waals surface area contributed by atoms with Gasteiger partial charge in [0.2, 0.25) is 0 Å². The van der Waals surface area contributed by atoms with Crippen molar-refractivity contribution in [3.63, 3.8) is 0 Å². The fraction of sp³-hybridized carbons (Fsp3) is 0.929. The van der Waals surface area contributed by atoms with Gasteiger partial charge in [0.25, 0.3) is 0 Å². The zero-order valence-corrected chi connectivity index (χ0v) is 11.6. The van der Waals surface area contributed by atoms with Crippen molar-refractivity contribution in [3.05, 3.63) is 0 Å². The van der Waals surface area contributed by atoms with Gasteiger partial charge in [0, 0.05) is 19.0 Å². The van der Waals surface area contributed by atoms with Gasteiger partial charge in [-0.15, -0.1) is 0 Å². The summed E-state index contributed by atoms with van der Waals surface area (Å²) in [6, 6.07) is 0.515. The molecule has 0 aromatic rings. The van der Waals surface area contributed by atoms with E-state index in [1.54, 1.807) is 0 Å². The third-order valence-electron chi connectivity index (χ3n) is 3.50. The first kappa shape index (κ1) is 14.7. The van der Waals surface area contributed by atoms with Crippen LogP contribution in [-0.2, 0) is 9.53 Å². The molecule has 1 rings (SSSR count). The third-order valence-corrected chi connectivity index (χ3v) is 3.50. The van der Waals surface area contributed by atoms with Crippen molar-refractivity contribution in [2.75, 3.05) is 26.3 Å². The summed E-state index contributed by atoms with van der Waals surface area (Å²) >= 11 is 0. The van der Waals surface area contributed by atoms with E-state index in [-0.39, 0.29) is 5.92 Å². The predicted octanol–water partition coefficient (Wildman–Crippen LogP) is 2.49. The molecule has 0 bridgehead atoms. The molecule has 3 nitrogen and oxygen atoms in total. The molecule has 3 heteroatoms. The molecular formula is C14H27NO2. The van der Waals surface area contributed by atoms with Gasteiger partial charge >= 0.3 is 0 Å². The van der Waals surface area contributed by atoms with Gasteiger partial charge in [0.1, 0.15) is 5.78 Å². The summed E-state index contributed by atoms with van der Waals surface area (Å²) in [5.41, 5.74) is 0. The monoisotopic (exact) mass is 241 g/mol. The maximum Gasteiger partial charge on any atom is 0.141 e. The minimum atomic E-state index is 0.104. The van der Waals surface area contributed by atoms with Gasteiger partial charge in [-0.3, -0.25) is 4.79 Å². The van der Waals surface area contributed by atoms with Crippen molar-refractivity contribution in [2.45, 2.75) is 52.5 Å². The number of hydrogen-bond acceptors (Lipinski definition) is 3. The Kier molecular flexibility index (Phi) is 6.75. The molecule has 0 radical (unpaired) electrons. The lowest BCUT2D eigenvalue weighted by atomic mass is 9.99. The van der Waals surface area contributed by atoms with E-state index in [9.17, 15) is 4.79 Å². The summed E-state index contributed by atoms with van der Waals surface area (Å²) in [7, 11) is 0. The van der Waals surface area contributed by atoms with Crippen LogP contribution in [0.3, 0.4) is 0 Å². The van der Waals surface area contributed by atoms with E-state index >= 15 is 0 Å². The highest BCUT2D eigenvalue weighted by atomic mass is 16.5. The number of carbonyl (C=O) groups excluding carboxylic acids is 1. The van der Waals surface area contributed by atoms with E-state index in [1.807, 2.05) is 0 Å². The molecule has 0 spiro atoms. The summed E-state index contributed by atoms with van der Waals surface area (Å²) in [6.45, 7) is 9.86. The quantitative estimate of drug-likeness (QED) is 0.641. The highest BCUT2D eigenvalue weighted by Crippen LogP contribution is 2.14. The van der Waals surface area contributed by atoms with Gasteiger partial charge in [-0.05, 0) is 26.8 Å². The Bertz CT molecular complexity index is 228. The Morgan fingerprint density at radius 1 is 1.41 bits per heavy atom. The van der Waals surface area contributed by atoms with Crippen LogP contribution in [0, 0.1) is 5.92 Å². The Morgan fingerprint density at radius 2 is 2.18 bits per heavy atom. The van der Waals surface area contributed by atoms with Crippen LogP contribution in [0.4, 0.5) is 0 Å². The smallest absolute Gasteiger partial charge is 0.141 e. The van der Waals surface area contributed by atoms with Crippen molar-refractivity contribution in [3.8, 4) is 0 Å². The van der Waals surface area contributed by atoms with Crippen molar-refractivity contribution in [2.24, 2.45) is 5.92 Å². The molecule has 1 aliphatic rings. The van der Waals surface area contributed by atoms with E-state index < -0.39 is 0 Å². The summed E-state index contributed by atoms with van der Waals surface area (Å²) in [5.74, 6) is 0.491. The Hall–Kier alpha value is -0.410. The molecule has 1 fully saturated rings. The number of ketones is 1. The Labute approximate surface area is 106 Å². The number of rotatable bonds is 7. The number of hydrogen-bond donors (Lipinski definition) is 0. The first-order chi connectivity index (χ1) is 8.15. The molecule has 17 heavy (non-hydrogen) atoms. The van der Waals surface area contributed by atoms with E-state index in [0.717, 1.165) is 13.1 Å². The molecule has 0 aromatic heterocycles. The maximum atomic E-state index is 11.8. The average Bonchev–Trinajstić information content (AvgIpc) is 2.30. The topological polar surface area (TPSA) is 29.5 Å². The zero-order chi connectivity index (χ0) is 12.7. The van der Waals surface area contributed by atoms with Crippen LogP contribution >= 0.6 is 0 Å². The standard InChI is InChI=1S/C14H27NO2/c1-4-5-6-8-15(12(2)3)10-13-11-17-9-7-14(13)16/h12-13H,4-11H2,1-3H3. The van der Waals surface area contributed by atoms with E-state index in [0.29, 0.717) is 31.5 Å². The number of nitrogens with zero attached hydrogens (tertiary/aromatic N) is 1. The normalized spacial score (nSPS) is 21.5. The first-order valence-electron chi connectivity index (χ1n) is 6.99. The molecule has 0 saturated carbocycles. The molecule has 1 heterocycles. The van der Waals surface area contributed by atoms with Crippen LogP contribution in [0.2, 0.25) is 0 Å². The maximum absolute atomic E-state index is 11.8. The second kappa shape index (κ2) is 7.83.